The predicted molar refractivity (Wildman–Crippen MR) is 30.5 cm³/mol. The highest BCUT2D eigenvalue weighted by atomic mass is 15.2. The molecule has 3 nitrogen and oxygen atoms in total. The Morgan fingerprint density at radius 2 is 2.38 bits per heavy atom. The molecule has 1 heterocycles. The van der Waals surface area contributed by atoms with Crippen LogP contribution in [0.15, 0.2) is 0 Å². The molecule has 0 saturated carbocycles. The van der Waals surface area contributed by atoms with E-state index >= 15 is 0 Å². The van der Waals surface area contributed by atoms with Crippen molar-refractivity contribution in [1.82, 2.24) is 15.2 Å². The fraction of sp³-hybridized carbons (Fsp3) is 0.600. The summed E-state index contributed by atoms with van der Waals surface area (Å²) in [4.78, 5) is 4.06. The Balaban J connectivity index is 2.84. The molecule has 0 spiro atoms. The predicted octanol–water partition coefficient (Wildman–Crippen LogP) is 0.676. The van der Waals surface area contributed by atoms with E-state index in [9.17, 15) is 0 Å². The maximum atomic E-state index is 4.06. The molecule has 1 aromatic rings. The standard InChI is InChI=1S/C5H9N3/c1-3-5-6-4(2)7-8-5/h3H2,1-2H3,(H,6,7,8). The first-order valence-electron chi connectivity index (χ1n) is 2.71. The molecule has 44 valence electrons. The van der Waals surface area contributed by atoms with Gasteiger partial charge in [0.15, 0.2) is 0 Å². The van der Waals surface area contributed by atoms with Crippen molar-refractivity contribution in [3.8, 4) is 0 Å². The van der Waals surface area contributed by atoms with E-state index in [1.807, 2.05) is 13.8 Å². The Morgan fingerprint density at radius 3 is 2.62 bits per heavy atom. The maximum Gasteiger partial charge on any atom is 0.147 e. The van der Waals surface area contributed by atoms with E-state index < -0.39 is 0 Å². The van der Waals surface area contributed by atoms with Crippen LogP contribution in [0, 0.1) is 6.92 Å². The normalized spacial score (nSPS) is 9.75. The van der Waals surface area contributed by atoms with Crippen LogP contribution in [0.1, 0.15) is 18.6 Å². The van der Waals surface area contributed by atoms with Crippen molar-refractivity contribution in [2.75, 3.05) is 0 Å². The lowest BCUT2D eigenvalue weighted by molar-refractivity contribution is 0.945. The second kappa shape index (κ2) is 1.94. The fourth-order valence-electron chi connectivity index (χ4n) is 0.549. The molecular weight excluding hydrogens is 102 g/mol. The third-order valence-electron chi connectivity index (χ3n) is 0.978. The van der Waals surface area contributed by atoms with Crippen molar-refractivity contribution in [1.29, 1.82) is 0 Å². The van der Waals surface area contributed by atoms with Crippen LogP contribution in [-0.2, 0) is 6.42 Å². The maximum absolute atomic E-state index is 4.06. The zero-order valence-electron chi connectivity index (χ0n) is 5.10. The Hall–Kier alpha value is -0.860. The largest absolute Gasteiger partial charge is 0.263 e. The summed E-state index contributed by atoms with van der Waals surface area (Å²) < 4.78 is 0. The average molecular weight is 111 g/mol. The van der Waals surface area contributed by atoms with Gasteiger partial charge in [0.25, 0.3) is 0 Å². The Bertz CT molecular complexity index is 168. The molecule has 0 aromatic carbocycles. The number of nitrogens with one attached hydrogen (secondary N) is 1. The van der Waals surface area contributed by atoms with Crippen molar-refractivity contribution in [2.24, 2.45) is 0 Å². The van der Waals surface area contributed by atoms with Crippen molar-refractivity contribution < 1.29 is 0 Å². The second-order valence-corrected chi connectivity index (χ2v) is 1.68. The molecule has 8 heavy (non-hydrogen) atoms. The highest BCUT2D eigenvalue weighted by Gasteiger charge is 1.91. The van der Waals surface area contributed by atoms with Crippen LogP contribution in [0.4, 0.5) is 0 Å². The number of aryl methyl sites for hydroxylation is 2. The van der Waals surface area contributed by atoms with E-state index in [1.165, 1.54) is 0 Å². The summed E-state index contributed by atoms with van der Waals surface area (Å²) in [6.07, 6.45) is 0.931. The van der Waals surface area contributed by atoms with Gasteiger partial charge < -0.3 is 0 Å². The number of aromatic nitrogens is 3. The van der Waals surface area contributed by atoms with Crippen molar-refractivity contribution >= 4 is 0 Å². The van der Waals surface area contributed by atoms with Gasteiger partial charge in [-0.1, -0.05) is 6.92 Å². The lowest BCUT2D eigenvalue weighted by Crippen LogP contribution is -1.80. The first-order chi connectivity index (χ1) is 3.83. The van der Waals surface area contributed by atoms with Crippen LogP contribution in [0.2, 0.25) is 0 Å². The zero-order chi connectivity index (χ0) is 5.98. The van der Waals surface area contributed by atoms with Gasteiger partial charge in [-0.15, -0.1) is 0 Å². The zero-order valence-corrected chi connectivity index (χ0v) is 5.10. The van der Waals surface area contributed by atoms with Gasteiger partial charge in [0.1, 0.15) is 11.6 Å². The summed E-state index contributed by atoms with van der Waals surface area (Å²) in [7, 11) is 0. The van der Waals surface area contributed by atoms with E-state index in [1.54, 1.807) is 0 Å². The minimum Gasteiger partial charge on any atom is -0.263 e. The van der Waals surface area contributed by atoms with Crippen LogP contribution in [0.3, 0.4) is 0 Å². The summed E-state index contributed by atoms with van der Waals surface area (Å²) in [6, 6.07) is 0. The lowest BCUT2D eigenvalue weighted by Gasteiger charge is -1.78. The van der Waals surface area contributed by atoms with E-state index in [0.29, 0.717) is 0 Å². The number of hydrogen-bond donors (Lipinski definition) is 1. The average Bonchev–Trinajstić information content (AvgIpc) is 2.14. The van der Waals surface area contributed by atoms with Gasteiger partial charge >= 0.3 is 0 Å². The van der Waals surface area contributed by atoms with Gasteiger partial charge in [-0.25, -0.2) is 4.98 Å². The number of aromatic amines is 1. The molecular formula is C5H9N3. The van der Waals surface area contributed by atoms with Crippen molar-refractivity contribution in [3.05, 3.63) is 11.6 Å². The number of hydrogen-bond acceptors (Lipinski definition) is 2. The Labute approximate surface area is 48.1 Å². The molecule has 0 saturated heterocycles. The van der Waals surface area contributed by atoms with Crippen LogP contribution in [0.5, 0.6) is 0 Å². The van der Waals surface area contributed by atoms with Gasteiger partial charge in [0.05, 0.1) is 0 Å². The first-order valence-corrected chi connectivity index (χ1v) is 2.71. The monoisotopic (exact) mass is 111 g/mol. The molecule has 0 amide bonds. The summed E-state index contributed by atoms with van der Waals surface area (Å²) in [5, 5.41) is 6.65. The summed E-state index contributed by atoms with van der Waals surface area (Å²) >= 11 is 0. The molecule has 1 rings (SSSR count). The molecule has 0 unspecified atom stereocenters. The van der Waals surface area contributed by atoms with E-state index in [4.69, 9.17) is 0 Å². The minimum atomic E-state index is 0.821. The lowest BCUT2D eigenvalue weighted by atomic mass is 10.5. The molecule has 3 heteroatoms. The third kappa shape index (κ3) is 0.857. The Kier molecular flexibility index (Phi) is 1.28. The quantitative estimate of drug-likeness (QED) is 0.578. The van der Waals surface area contributed by atoms with E-state index in [-0.39, 0.29) is 0 Å². The second-order valence-electron chi connectivity index (χ2n) is 1.68. The molecule has 0 aliphatic rings. The topological polar surface area (TPSA) is 41.6 Å². The summed E-state index contributed by atoms with van der Waals surface area (Å²) in [6.45, 7) is 3.91. The SMILES string of the molecule is CCc1nc(C)n[nH]1. The Morgan fingerprint density at radius 1 is 1.62 bits per heavy atom. The molecule has 1 aromatic heterocycles. The molecule has 0 bridgehead atoms. The van der Waals surface area contributed by atoms with Crippen LogP contribution >= 0.6 is 0 Å². The van der Waals surface area contributed by atoms with E-state index in [0.717, 1.165) is 18.1 Å². The minimum absolute atomic E-state index is 0.821. The smallest absolute Gasteiger partial charge is 0.147 e. The van der Waals surface area contributed by atoms with Crippen LogP contribution in [-0.4, -0.2) is 15.2 Å². The van der Waals surface area contributed by atoms with Crippen molar-refractivity contribution in [2.45, 2.75) is 20.3 Å². The van der Waals surface area contributed by atoms with Crippen LogP contribution < -0.4 is 0 Å². The highest BCUT2D eigenvalue weighted by Crippen LogP contribution is 1.88. The number of nitrogens with zero attached hydrogens (tertiary/aromatic N) is 2. The summed E-state index contributed by atoms with van der Waals surface area (Å²) in [5.41, 5.74) is 0. The molecule has 1 N–H and O–H groups in total. The first kappa shape index (κ1) is 5.28. The van der Waals surface area contributed by atoms with E-state index in [2.05, 4.69) is 15.2 Å². The number of H-pyrrole nitrogens is 1. The molecule has 0 radical (unpaired) electrons. The molecule has 0 fully saturated rings. The van der Waals surface area contributed by atoms with Gasteiger partial charge in [-0.3, -0.25) is 5.10 Å². The number of rotatable bonds is 1. The van der Waals surface area contributed by atoms with Gasteiger partial charge in [-0.2, -0.15) is 5.10 Å². The van der Waals surface area contributed by atoms with Gasteiger partial charge in [0.2, 0.25) is 0 Å². The van der Waals surface area contributed by atoms with Gasteiger partial charge in [-0.05, 0) is 6.92 Å². The van der Waals surface area contributed by atoms with Crippen LogP contribution in [0.25, 0.3) is 0 Å². The van der Waals surface area contributed by atoms with Gasteiger partial charge in [0, 0.05) is 6.42 Å². The molecule has 0 aliphatic heterocycles. The molecule has 0 atom stereocenters. The highest BCUT2D eigenvalue weighted by molar-refractivity contribution is 4.85. The summed E-state index contributed by atoms with van der Waals surface area (Å²) in [5.74, 6) is 1.78. The van der Waals surface area contributed by atoms with Crippen molar-refractivity contribution in [3.63, 3.8) is 0 Å². The molecule has 0 aliphatic carbocycles. The fourth-order valence-corrected chi connectivity index (χ4v) is 0.549. The third-order valence-corrected chi connectivity index (χ3v) is 0.978.